The topological polar surface area (TPSA) is 113 Å². The summed E-state index contributed by atoms with van der Waals surface area (Å²) in [5.41, 5.74) is 0.665. The normalized spacial score (nSPS) is 16.0. The molecule has 9 nitrogen and oxygen atoms in total. The average Bonchev–Trinajstić information content (AvgIpc) is 3.06. The van der Waals surface area contributed by atoms with E-state index in [0.717, 1.165) is 6.26 Å². The van der Waals surface area contributed by atoms with Gasteiger partial charge < -0.3 is 4.74 Å². The first-order valence-corrected chi connectivity index (χ1v) is 11.3. The Labute approximate surface area is 177 Å². The van der Waals surface area contributed by atoms with Crippen LogP contribution in [0.2, 0.25) is 0 Å². The number of hydrogen-bond acceptors (Lipinski definition) is 7. The number of rotatable bonds is 4. The van der Waals surface area contributed by atoms with Crippen molar-refractivity contribution < 1.29 is 22.3 Å². The maximum absolute atomic E-state index is 13.5. The van der Waals surface area contributed by atoms with Crippen molar-refractivity contribution in [1.29, 1.82) is 0 Å². The van der Waals surface area contributed by atoms with Gasteiger partial charge in [0.2, 0.25) is 15.0 Å². The molecule has 0 fully saturated rings. The fraction of sp³-hybridized carbons (Fsp3) is 0.300. The van der Waals surface area contributed by atoms with Crippen LogP contribution in [0.5, 0.6) is 0 Å². The SMILES string of the molecule is COC(=O)[C@@H]1CCCn2c(-c3ccnc(S(C)(=O)=O)n3)c(-c3ccc(F)cc3)c(=O)n21. The number of esters is 1. The van der Waals surface area contributed by atoms with Crippen LogP contribution in [0.25, 0.3) is 22.5 Å². The molecule has 3 aromatic rings. The summed E-state index contributed by atoms with van der Waals surface area (Å²) in [4.78, 5) is 33.8. The largest absolute Gasteiger partial charge is 0.467 e. The third-order valence-corrected chi connectivity index (χ3v) is 5.99. The highest BCUT2D eigenvalue weighted by atomic mass is 32.2. The molecule has 0 saturated heterocycles. The van der Waals surface area contributed by atoms with E-state index in [2.05, 4.69) is 9.97 Å². The lowest BCUT2D eigenvalue weighted by molar-refractivity contribution is -0.146. The van der Waals surface area contributed by atoms with Crippen molar-refractivity contribution in [1.82, 2.24) is 19.3 Å². The van der Waals surface area contributed by atoms with Gasteiger partial charge in [-0.1, -0.05) is 12.1 Å². The number of carbonyl (C=O) groups is 1. The molecule has 0 unspecified atom stereocenters. The zero-order valence-corrected chi connectivity index (χ0v) is 17.6. The summed E-state index contributed by atoms with van der Waals surface area (Å²) in [7, 11) is -2.45. The second kappa shape index (κ2) is 7.73. The van der Waals surface area contributed by atoms with Gasteiger partial charge in [-0.15, -0.1) is 0 Å². The van der Waals surface area contributed by atoms with E-state index >= 15 is 0 Å². The van der Waals surface area contributed by atoms with Crippen molar-refractivity contribution in [3.05, 3.63) is 52.7 Å². The molecule has 1 atom stereocenters. The minimum atomic E-state index is -3.70. The Hall–Kier alpha value is -3.34. The number of sulfone groups is 1. The fourth-order valence-corrected chi connectivity index (χ4v) is 4.31. The number of hydrogen-bond donors (Lipinski definition) is 0. The van der Waals surface area contributed by atoms with Crippen molar-refractivity contribution in [2.45, 2.75) is 30.6 Å². The number of methoxy groups -OCH3 is 1. The molecule has 0 aliphatic carbocycles. The number of ether oxygens (including phenoxy) is 1. The van der Waals surface area contributed by atoms with Crippen LogP contribution in [0.4, 0.5) is 4.39 Å². The summed E-state index contributed by atoms with van der Waals surface area (Å²) < 4.78 is 45.3. The molecule has 0 amide bonds. The fourth-order valence-electron chi connectivity index (χ4n) is 3.79. The van der Waals surface area contributed by atoms with Crippen LogP contribution in [-0.2, 0) is 25.9 Å². The quantitative estimate of drug-likeness (QED) is 0.444. The van der Waals surface area contributed by atoms with E-state index in [0.29, 0.717) is 30.6 Å². The molecular weight excluding hydrogens is 427 g/mol. The number of benzene rings is 1. The second-order valence-corrected chi connectivity index (χ2v) is 9.09. The average molecular weight is 446 g/mol. The lowest BCUT2D eigenvalue weighted by Gasteiger charge is -2.26. The van der Waals surface area contributed by atoms with Crippen molar-refractivity contribution in [3.63, 3.8) is 0 Å². The number of aromatic nitrogens is 4. The Morgan fingerprint density at radius 3 is 2.58 bits per heavy atom. The van der Waals surface area contributed by atoms with Gasteiger partial charge in [-0.05, 0) is 36.6 Å². The van der Waals surface area contributed by atoms with Crippen LogP contribution in [0.15, 0.2) is 46.5 Å². The van der Waals surface area contributed by atoms with E-state index in [-0.39, 0.29) is 16.4 Å². The first-order chi connectivity index (χ1) is 14.7. The Balaban J connectivity index is 2.06. The summed E-state index contributed by atoms with van der Waals surface area (Å²) >= 11 is 0. The molecule has 0 bridgehead atoms. The number of fused-ring (bicyclic) bond motifs is 1. The van der Waals surface area contributed by atoms with E-state index in [1.165, 1.54) is 48.3 Å². The predicted octanol–water partition coefficient (Wildman–Crippen LogP) is 1.82. The molecule has 0 radical (unpaired) electrons. The second-order valence-electron chi connectivity index (χ2n) is 7.18. The van der Waals surface area contributed by atoms with E-state index in [4.69, 9.17) is 4.74 Å². The Bertz CT molecular complexity index is 1330. The van der Waals surface area contributed by atoms with Gasteiger partial charge >= 0.3 is 5.97 Å². The molecule has 1 aliphatic rings. The molecule has 162 valence electrons. The van der Waals surface area contributed by atoms with Crippen LogP contribution in [0.1, 0.15) is 18.9 Å². The van der Waals surface area contributed by atoms with Crippen molar-refractivity contribution in [2.24, 2.45) is 0 Å². The van der Waals surface area contributed by atoms with Crippen molar-refractivity contribution in [3.8, 4) is 22.5 Å². The Kier molecular flexibility index (Phi) is 5.21. The van der Waals surface area contributed by atoms with Crippen molar-refractivity contribution >= 4 is 15.8 Å². The molecule has 0 saturated carbocycles. The maximum Gasteiger partial charge on any atom is 0.330 e. The third-order valence-electron chi connectivity index (χ3n) is 5.13. The minimum Gasteiger partial charge on any atom is -0.467 e. The molecule has 2 aromatic heterocycles. The smallest absolute Gasteiger partial charge is 0.330 e. The molecule has 31 heavy (non-hydrogen) atoms. The summed E-state index contributed by atoms with van der Waals surface area (Å²) in [5.74, 6) is -1.03. The van der Waals surface area contributed by atoms with Gasteiger partial charge in [-0.25, -0.2) is 32.3 Å². The Morgan fingerprint density at radius 1 is 1.23 bits per heavy atom. The number of halogens is 1. The van der Waals surface area contributed by atoms with Gasteiger partial charge in [0.15, 0.2) is 6.04 Å². The van der Waals surface area contributed by atoms with Gasteiger partial charge in [-0.3, -0.25) is 9.48 Å². The highest BCUT2D eigenvalue weighted by Crippen LogP contribution is 2.34. The molecule has 11 heteroatoms. The monoisotopic (exact) mass is 446 g/mol. The number of nitrogens with zero attached hydrogens (tertiary/aromatic N) is 4. The zero-order valence-electron chi connectivity index (χ0n) is 16.8. The standard InChI is InChI=1S/C20H19FN4O5S/c1-30-19(27)15-4-3-11-24-17(14-9-10-22-20(23-14)31(2,28)29)16(18(26)25(15)24)12-5-7-13(21)8-6-12/h5-10,15H,3-4,11H2,1-2H3/t15-/m0/s1. The third kappa shape index (κ3) is 3.65. The van der Waals surface area contributed by atoms with Crippen molar-refractivity contribution in [2.75, 3.05) is 13.4 Å². The van der Waals surface area contributed by atoms with Crippen LogP contribution in [-0.4, -0.2) is 47.1 Å². The summed E-state index contributed by atoms with van der Waals surface area (Å²) in [6.45, 7) is 0.400. The lowest BCUT2D eigenvalue weighted by atomic mass is 10.0. The molecule has 0 N–H and O–H groups in total. The maximum atomic E-state index is 13.5. The molecule has 0 spiro atoms. The molecule has 1 aliphatic heterocycles. The lowest BCUT2D eigenvalue weighted by Crippen LogP contribution is -2.37. The van der Waals surface area contributed by atoms with E-state index in [9.17, 15) is 22.4 Å². The van der Waals surface area contributed by atoms with Crippen LogP contribution in [0.3, 0.4) is 0 Å². The first-order valence-electron chi connectivity index (χ1n) is 9.45. The van der Waals surface area contributed by atoms with Gasteiger partial charge in [0.05, 0.1) is 24.1 Å². The van der Waals surface area contributed by atoms with Gasteiger partial charge in [-0.2, -0.15) is 0 Å². The molecule has 4 rings (SSSR count). The highest BCUT2D eigenvalue weighted by Gasteiger charge is 2.34. The van der Waals surface area contributed by atoms with E-state index in [1.807, 2.05) is 0 Å². The summed E-state index contributed by atoms with van der Waals surface area (Å²) in [6, 6.07) is 6.00. The van der Waals surface area contributed by atoms with Crippen LogP contribution in [0, 0.1) is 5.82 Å². The van der Waals surface area contributed by atoms with Crippen LogP contribution < -0.4 is 5.56 Å². The summed E-state index contributed by atoms with van der Waals surface area (Å²) in [5, 5.41) is -0.386. The van der Waals surface area contributed by atoms with E-state index in [1.54, 1.807) is 4.68 Å². The minimum absolute atomic E-state index is 0.189. The molecule has 3 heterocycles. The van der Waals surface area contributed by atoms with Gasteiger partial charge in [0.25, 0.3) is 5.56 Å². The first kappa shape index (κ1) is 20.9. The predicted molar refractivity (Wildman–Crippen MR) is 109 cm³/mol. The van der Waals surface area contributed by atoms with Gasteiger partial charge in [0.1, 0.15) is 5.82 Å². The highest BCUT2D eigenvalue weighted by molar-refractivity contribution is 7.90. The Morgan fingerprint density at radius 2 is 1.94 bits per heavy atom. The number of carbonyl (C=O) groups excluding carboxylic acids is 1. The summed E-state index contributed by atoms with van der Waals surface area (Å²) in [6.07, 6.45) is 3.29. The zero-order chi connectivity index (χ0) is 22.3. The van der Waals surface area contributed by atoms with Gasteiger partial charge in [0, 0.05) is 19.0 Å². The van der Waals surface area contributed by atoms with Crippen LogP contribution >= 0.6 is 0 Å². The van der Waals surface area contributed by atoms with E-state index < -0.39 is 33.2 Å². The molecule has 1 aromatic carbocycles. The molecular formula is C20H19FN4O5S.